The first-order valence-electron chi connectivity index (χ1n) is 6.90. The minimum Gasteiger partial charge on any atom is -0.345 e. The Morgan fingerprint density at radius 2 is 2.04 bits per heavy atom. The summed E-state index contributed by atoms with van der Waals surface area (Å²) in [5.41, 5.74) is -0.461. The van der Waals surface area contributed by atoms with Gasteiger partial charge in [0.05, 0.1) is 12.1 Å². The molecule has 0 saturated heterocycles. The highest BCUT2D eigenvalue weighted by Crippen LogP contribution is 2.29. The maximum atomic E-state index is 12.6. The van der Waals surface area contributed by atoms with Crippen LogP contribution in [0.2, 0.25) is 0 Å². The summed E-state index contributed by atoms with van der Waals surface area (Å²) >= 11 is 1.59. The van der Waals surface area contributed by atoms with Crippen molar-refractivity contribution in [3.8, 4) is 11.8 Å². The predicted molar refractivity (Wildman–Crippen MR) is 84.0 cm³/mol. The lowest BCUT2D eigenvalue weighted by atomic mass is 10.1. The number of rotatable bonds is 4. The second-order valence-electron chi connectivity index (χ2n) is 4.74. The molecule has 23 heavy (non-hydrogen) atoms. The molecule has 0 spiro atoms. The van der Waals surface area contributed by atoms with Crippen molar-refractivity contribution in [2.75, 3.05) is 6.54 Å². The van der Waals surface area contributed by atoms with Gasteiger partial charge >= 0.3 is 6.18 Å². The molecule has 0 aliphatic rings. The van der Waals surface area contributed by atoms with Crippen LogP contribution in [0.1, 0.15) is 22.4 Å². The number of benzene rings is 1. The smallest absolute Gasteiger partial charge is 0.345 e. The second kappa shape index (κ2) is 7.84. The summed E-state index contributed by atoms with van der Waals surface area (Å²) in [6.45, 7) is 0.111. The van der Waals surface area contributed by atoms with Gasteiger partial charge in [0.2, 0.25) is 5.91 Å². The number of nitrogens with one attached hydrogen (secondary N) is 1. The average Bonchev–Trinajstić information content (AvgIpc) is 3.02. The van der Waals surface area contributed by atoms with Crippen LogP contribution in [0, 0.1) is 11.8 Å². The standard InChI is InChI=1S/C17H14F3NOS/c18-17(19,20)14-6-1-4-13(12-14)5-2-10-21-16(22)9-8-15-7-3-11-23-15/h1,3-4,6-7,11-12H,8-10H2,(H,21,22). The third-order valence-electron chi connectivity index (χ3n) is 2.98. The summed E-state index contributed by atoms with van der Waals surface area (Å²) < 4.78 is 37.7. The van der Waals surface area contributed by atoms with Crippen LogP contribution >= 0.6 is 11.3 Å². The van der Waals surface area contributed by atoms with E-state index in [4.69, 9.17) is 0 Å². The fraction of sp³-hybridized carbons (Fsp3) is 0.235. The van der Waals surface area contributed by atoms with E-state index in [1.54, 1.807) is 11.3 Å². The molecule has 6 heteroatoms. The van der Waals surface area contributed by atoms with Crippen LogP contribution in [-0.2, 0) is 17.4 Å². The Balaban J connectivity index is 1.80. The van der Waals surface area contributed by atoms with E-state index in [1.807, 2.05) is 17.5 Å². The minimum absolute atomic E-state index is 0.111. The van der Waals surface area contributed by atoms with E-state index in [0.29, 0.717) is 12.8 Å². The minimum atomic E-state index is -4.38. The Bertz CT molecular complexity index is 711. The van der Waals surface area contributed by atoms with Gasteiger partial charge in [0, 0.05) is 16.9 Å². The topological polar surface area (TPSA) is 29.1 Å². The molecule has 0 radical (unpaired) electrons. The molecule has 2 aromatic rings. The second-order valence-corrected chi connectivity index (χ2v) is 5.77. The van der Waals surface area contributed by atoms with Gasteiger partial charge in [-0.1, -0.05) is 24.0 Å². The molecule has 1 amide bonds. The Labute approximate surface area is 136 Å². The molecule has 0 aliphatic carbocycles. The van der Waals surface area contributed by atoms with Gasteiger partial charge in [-0.3, -0.25) is 4.79 Å². The zero-order chi connectivity index (χ0) is 16.7. The van der Waals surface area contributed by atoms with Crippen molar-refractivity contribution in [1.29, 1.82) is 0 Å². The summed E-state index contributed by atoms with van der Waals surface area (Å²) in [5, 5.41) is 4.58. The van der Waals surface area contributed by atoms with Gasteiger partial charge < -0.3 is 5.32 Å². The number of carbonyl (C=O) groups is 1. The van der Waals surface area contributed by atoms with Crippen molar-refractivity contribution in [3.63, 3.8) is 0 Å². The normalized spacial score (nSPS) is 10.7. The number of hydrogen-bond acceptors (Lipinski definition) is 2. The van der Waals surface area contributed by atoms with Gasteiger partial charge in [-0.2, -0.15) is 13.2 Å². The monoisotopic (exact) mass is 337 g/mol. The Morgan fingerprint density at radius 3 is 2.74 bits per heavy atom. The molecule has 0 fully saturated rings. The summed E-state index contributed by atoms with van der Waals surface area (Å²) in [5.74, 6) is 5.15. The van der Waals surface area contributed by atoms with Gasteiger partial charge in [0.15, 0.2) is 0 Å². The summed E-state index contributed by atoms with van der Waals surface area (Å²) in [6, 6.07) is 8.69. The molecule has 2 rings (SSSR count). The number of amides is 1. The molecule has 1 aromatic heterocycles. The lowest BCUT2D eigenvalue weighted by Crippen LogP contribution is -2.23. The lowest BCUT2D eigenvalue weighted by molar-refractivity contribution is -0.137. The molecule has 2 nitrogen and oxygen atoms in total. The van der Waals surface area contributed by atoms with Crippen LogP contribution in [-0.4, -0.2) is 12.5 Å². The first-order chi connectivity index (χ1) is 10.9. The highest BCUT2D eigenvalue weighted by atomic mass is 32.1. The van der Waals surface area contributed by atoms with E-state index in [-0.39, 0.29) is 18.0 Å². The molecule has 0 saturated carbocycles. The SMILES string of the molecule is O=C(CCc1cccs1)NCC#Cc1cccc(C(F)(F)F)c1. The number of aryl methyl sites for hydroxylation is 1. The third kappa shape index (κ3) is 5.80. The van der Waals surface area contributed by atoms with Crippen molar-refractivity contribution < 1.29 is 18.0 Å². The highest BCUT2D eigenvalue weighted by molar-refractivity contribution is 7.09. The third-order valence-corrected chi connectivity index (χ3v) is 3.91. The van der Waals surface area contributed by atoms with Crippen molar-refractivity contribution in [2.45, 2.75) is 19.0 Å². The van der Waals surface area contributed by atoms with E-state index < -0.39 is 11.7 Å². The van der Waals surface area contributed by atoms with Crippen molar-refractivity contribution in [3.05, 3.63) is 57.8 Å². The lowest BCUT2D eigenvalue weighted by Gasteiger charge is -2.05. The van der Waals surface area contributed by atoms with E-state index in [2.05, 4.69) is 17.2 Å². The zero-order valence-corrected chi connectivity index (χ0v) is 12.9. The fourth-order valence-corrected chi connectivity index (χ4v) is 2.55. The van der Waals surface area contributed by atoms with Crippen LogP contribution in [0.25, 0.3) is 0 Å². The molecule has 1 N–H and O–H groups in total. The molecule has 0 aliphatic heterocycles. The van der Waals surface area contributed by atoms with Gasteiger partial charge in [-0.15, -0.1) is 11.3 Å². The van der Waals surface area contributed by atoms with Crippen LogP contribution in [0.5, 0.6) is 0 Å². The Hall–Kier alpha value is -2.26. The van der Waals surface area contributed by atoms with Gasteiger partial charge in [-0.25, -0.2) is 0 Å². The number of hydrogen-bond donors (Lipinski definition) is 1. The molecule has 0 atom stereocenters. The number of thiophene rings is 1. The number of alkyl halides is 3. The van der Waals surface area contributed by atoms with Gasteiger partial charge in [-0.05, 0) is 36.1 Å². The predicted octanol–water partition coefficient (Wildman–Crippen LogP) is 3.87. The molecule has 0 bridgehead atoms. The molecule has 1 heterocycles. The van der Waals surface area contributed by atoms with Crippen LogP contribution in [0.15, 0.2) is 41.8 Å². The first-order valence-corrected chi connectivity index (χ1v) is 7.78. The van der Waals surface area contributed by atoms with Crippen molar-refractivity contribution >= 4 is 17.2 Å². The number of halogens is 3. The molecule has 0 unspecified atom stereocenters. The van der Waals surface area contributed by atoms with E-state index in [9.17, 15) is 18.0 Å². The van der Waals surface area contributed by atoms with E-state index in [0.717, 1.165) is 17.0 Å². The average molecular weight is 337 g/mol. The van der Waals surface area contributed by atoms with Crippen molar-refractivity contribution in [1.82, 2.24) is 5.32 Å². The highest BCUT2D eigenvalue weighted by Gasteiger charge is 2.30. The maximum Gasteiger partial charge on any atom is 0.416 e. The van der Waals surface area contributed by atoms with Gasteiger partial charge in [0.1, 0.15) is 0 Å². The van der Waals surface area contributed by atoms with Crippen LogP contribution < -0.4 is 5.32 Å². The molecule has 120 valence electrons. The molecule has 1 aromatic carbocycles. The van der Waals surface area contributed by atoms with E-state index >= 15 is 0 Å². The van der Waals surface area contributed by atoms with E-state index in [1.165, 1.54) is 12.1 Å². The molecular formula is C17H14F3NOS. The van der Waals surface area contributed by atoms with Crippen LogP contribution in [0.4, 0.5) is 13.2 Å². The molecular weight excluding hydrogens is 323 g/mol. The summed E-state index contributed by atoms with van der Waals surface area (Å²) in [4.78, 5) is 12.7. The first kappa shape index (κ1) is 17.1. The largest absolute Gasteiger partial charge is 0.416 e. The zero-order valence-electron chi connectivity index (χ0n) is 12.1. The fourth-order valence-electron chi connectivity index (χ4n) is 1.84. The van der Waals surface area contributed by atoms with Crippen molar-refractivity contribution in [2.24, 2.45) is 0 Å². The quantitative estimate of drug-likeness (QED) is 0.843. The van der Waals surface area contributed by atoms with Crippen LogP contribution in [0.3, 0.4) is 0 Å². The summed E-state index contributed by atoms with van der Waals surface area (Å²) in [6.07, 6.45) is -3.34. The van der Waals surface area contributed by atoms with Gasteiger partial charge in [0.25, 0.3) is 0 Å². The summed E-state index contributed by atoms with van der Waals surface area (Å²) in [7, 11) is 0. The number of carbonyl (C=O) groups excluding carboxylic acids is 1. The Kier molecular flexibility index (Phi) is 5.83. The maximum absolute atomic E-state index is 12.6. The Morgan fingerprint density at radius 1 is 1.22 bits per heavy atom.